The lowest BCUT2D eigenvalue weighted by Crippen LogP contribution is -2.32. The summed E-state index contributed by atoms with van der Waals surface area (Å²) in [6.45, 7) is 1.77. The van der Waals surface area contributed by atoms with Crippen LogP contribution in [0.4, 0.5) is 5.69 Å². The maximum atomic E-state index is 11.8. The quantitative estimate of drug-likeness (QED) is 0.509. The van der Waals surface area contributed by atoms with Crippen molar-refractivity contribution in [2.75, 3.05) is 5.32 Å². The van der Waals surface area contributed by atoms with Crippen LogP contribution in [-0.2, 0) is 9.59 Å². The number of rotatable bonds is 3. The van der Waals surface area contributed by atoms with Crippen LogP contribution in [0.2, 0.25) is 5.02 Å². The van der Waals surface area contributed by atoms with Gasteiger partial charge in [-0.1, -0.05) is 36.9 Å². The van der Waals surface area contributed by atoms with E-state index in [9.17, 15) is 9.59 Å². The molecule has 1 saturated carbocycles. The summed E-state index contributed by atoms with van der Waals surface area (Å²) in [6, 6.07) is 5.13. The Morgan fingerprint density at radius 1 is 1.23 bits per heavy atom. The number of hydrogen-bond acceptors (Lipinski definition) is 3. The monoisotopic (exact) mass is 321 g/mol. The number of carbonyl (C=O) groups excluding carboxylic acids is 2. The topological polar surface area (TPSA) is 70.6 Å². The van der Waals surface area contributed by atoms with E-state index in [1.165, 1.54) is 19.3 Å². The molecule has 6 heteroatoms. The summed E-state index contributed by atoms with van der Waals surface area (Å²) in [4.78, 5) is 23.5. The Morgan fingerprint density at radius 3 is 2.68 bits per heavy atom. The van der Waals surface area contributed by atoms with E-state index in [2.05, 4.69) is 15.8 Å². The molecule has 2 amide bonds. The zero-order valence-corrected chi connectivity index (χ0v) is 13.3. The number of anilines is 1. The van der Waals surface area contributed by atoms with Gasteiger partial charge in [-0.3, -0.25) is 9.59 Å². The van der Waals surface area contributed by atoms with Crippen LogP contribution in [0.25, 0.3) is 0 Å². The van der Waals surface area contributed by atoms with Gasteiger partial charge in [0.15, 0.2) is 0 Å². The molecule has 0 atom stereocenters. The largest absolute Gasteiger partial charge is 0.329 e. The summed E-state index contributed by atoms with van der Waals surface area (Å²) in [5.41, 5.74) is 3.51. The highest BCUT2D eigenvalue weighted by Gasteiger charge is 2.15. The van der Waals surface area contributed by atoms with Crippen LogP contribution in [-0.4, -0.2) is 18.0 Å². The smallest absolute Gasteiger partial charge is 0.317 e. The number of hydrogen-bond donors (Lipinski definition) is 2. The van der Waals surface area contributed by atoms with Gasteiger partial charge >= 0.3 is 11.8 Å². The van der Waals surface area contributed by atoms with Crippen LogP contribution in [0.3, 0.4) is 0 Å². The average Bonchev–Trinajstić information content (AvgIpc) is 2.52. The molecule has 1 aromatic carbocycles. The summed E-state index contributed by atoms with van der Waals surface area (Å²) in [5, 5.41) is 6.95. The van der Waals surface area contributed by atoms with E-state index in [4.69, 9.17) is 11.6 Å². The van der Waals surface area contributed by atoms with Gasteiger partial charge in [0.1, 0.15) is 0 Å². The Hall–Kier alpha value is -1.88. The van der Waals surface area contributed by atoms with Crippen LogP contribution >= 0.6 is 11.6 Å². The average molecular weight is 322 g/mol. The maximum Gasteiger partial charge on any atom is 0.329 e. The molecule has 0 heterocycles. The maximum absolute atomic E-state index is 11.8. The van der Waals surface area contributed by atoms with Gasteiger partial charge in [0, 0.05) is 16.9 Å². The Balaban J connectivity index is 1.85. The van der Waals surface area contributed by atoms with E-state index < -0.39 is 11.8 Å². The summed E-state index contributed by atoms with van der Waals surface area (Å²) in [5.74, 6) is -1.15. The summed E-state index contributed by atoms with van der Waals surface area (Å²) < 4.78 is 0. The van der Waals surface area contributed by atoms with Crippen LogP contribution in [0.15, 0.2) is 23.3 Å². The lowest BCUT2D eigenvalue weighted by atomic mass is 9.90. The third-order valence-corrected chi connectivity index (χ3v) is 4.23. The molecule has 5 nitrogen and oxygen atoms in total. The second-order valence-electron chi connectivity index (χ2n) is 5.48. The molecule has 118 valence electrons. The lowest BCUT2D eigenvalue weighted by molar-refractivity contribution is -0.136. The molecule has 0 radical (unpaired) electrons. The van der Waals surface area contributed by atoms with Gasteiger partial charge in [0.2, 0.25) is 0 Å². The number of benzene rings is 1. The van der Waals surface area contributed by atoms with Crippen molar-refractivity contribution in [1.82, 2.24) is 5.43 Å². The molecule has 0 saturated heterocycles. The molecule has 1 aromatic rings. The molecule has 0 aromatic heterocycles. The first-order chi connectivity index (χ1) is 10.6. The van der Waals surface area contributed by atoms with Crippen LogP contribution < -0.4 is 10.7 Å². The Morgan fingerprint density at radius 2 is 1.95 bits per heavy atom. The molecule has 2 rings (SSSR count). The molecular formula is C16H20ClN3O2. The fraction of sp³-hybridized carbons (Fsp3) is 0.438. The second-order valence-corrected chi connectivity index (χ2v) is 5.89. The first kappa shape index (κ1) is 16.5. The first-order valence-electron chi connectivity index (χ1n) is 7.47. The molecule has 0 spiro atoms. The molecule has 1 fully saturated rings. The van der Waals surface area contributed by atoms with Gasteiger partial charge in [0.05, 0.1) is 0 Å². The minimum Gasteiger partial charge on any atom is -0.317 e. The highest BCUT2D eigenvalue weighted by atomic mass is 35.5. The number of hydrazone groups is 1. The molecule has 0 aliphatic heterocycles. The minimum absolute atomic E-state index is 0.396. The van der Waals surface area contributed by atoms with Crippen molar-refractivity contribution >= 4 is 35.3 Å². The summed E-state index contributed by atoms with van der Waals surface area (Å²) in [7, 11) is 0. The van der Waals surface area contributed by atoms with Crippen molar-refractivity contribution in [1.29, 1.82) is 0 Å². The predicted molar refractivity (Wildman–Crippen MR) is 88.0 cm³/mol. The predicted octanol–water partition coefficient (Wildman–Crippen LogP) is 3.27. The van der Waals surface area contributed by atoms with Gasteiger partial charge < -0.3 is 5.32 Å². The van der Waals surface area contributed by atoms with E-state index in [-0.39, 0.29) is 0 Å². The van der Waals surface area contributed by atoms with Crippen molar-refractivity contribution in [3.8, 4) is 0 Å². The number of nitrogens with one attached hydrogen (secondary N) is 2. The Kier molecular flexibility index (Phi) is 5.95. The third kappa shape index (κ3) is 4.56. The zero-order valence-electron chi connectivity index (χ0n) is 12.6. The highest BCUT2D eigenvalue weighted by Crippen LogP contribution is 2.23. The molecule has 1 aliphatic carbocycles. The SMILES string of the molecule is Cc1c(Cl)cccc1NC(=O)C(=O)N/N=C\C1CCCCC1. The van der Waals surface area contributed by atoms with Gasteiger partial charge in [-0.25, -0.2) is 5.43 Å². The Labute approximate surface area is 135 Å². The van der Waals surface area contributed by atoms with Crippen molar-refractivity contribution in [2.45, 2.75) is 39.0 Å². The first-order valence-corrected chi connectivity index (χ1v) is 7.85. The van der Waals surface area contributed by atoms with Crippen LogP contribution in [0.5, 0.6) is 0 Å². The summed E-state index contributed by atoms with van der Waals surface area (Å²) in [6.07, 6.45) is 7.56. The minimum atomic E-state index is -0.786. The molecule has 0 unspecified atom stereocenters. The molecular weight excluding hydrogens is 302 g/mol. The molecule has 0 bridgehead atoms. The fourth-order valence-electron chi connectivity index (χ4n) is 2.46. The van der Waals surface area contributed by atoms with E-state index in [0.717, 1.165) is 18.4 Å². The number of carbonyl (C=O) groups is 2. The zero-order chi connectivity index (χ0) is 15.9. The highest BCUT2D eigenvalue weighted by molar-refractivity contribution is 6.40. The Bertz CT molecular complexity index is 581. The number of nitrogens with zero attached hydrogens (tertiary/aromatic N) is 1. The van der Waals surface area contributed by atoms with E-state index in [0.29, 0.717) is 16.6 Å². The standard InChI is InChI=1S/C16H20ClN3O2/c1-11-13(17)8-5-9-14(11)19-15(21)16(22)20-18-10-12-6-3-2-4-7-12/h5,8-10,12H,2-4,6-7H2,1H3,(H,19,21)(H,20,22)/b18-10-. The summed E-state index contributed by atoms with van der Waals surface area (Å²) >= 11 is 5.97. The number of amides is 2. The van der Waals surface area contributed by atoms with Gasteiger partial charge in [-0.15, -0.1) is 0 Å². The van der Waals surface area contributed by atoms with Crippen molar-refractivity contribution < 1.29 is 9.59 Å². The van der Waals surface area contributed by atoms with Crippen molar-refractivity contribution in [2.24, 2.45) is 11.0 Å². The van der Waals surface area contributed by atoms with Gasteiger partial charge in [-0.2, -0.15) is 5.10 Å². The van der Waals surface area contributed by atoms with Crippen LogP contribution in [0.1, 0.15) is 37.7 Å². The third-order valence-electron chi connectivity index (χ3n) is 3.82. The van der Waals surface area contributed by atoms with Crippen molar-refractivity contribution in [3.05, 3.63) is 28.8 Å². The fourth-order valence-corrected chi connectivity index (χ4v) is 2.63. The molecule has 22 heavy (non-hydrogen) atoms. The number of halogens is 1. The molecule has 1 aliphatic rings. The van der Waals surface area contributed by atoms with E-state index >= 15 is 0 Å². The van der Waals surface area contributed by atoms with Crippen LogP contribution in [0, 0.1) is 12.8 Å². The lowest BCUT2D eigenvalue weighted by Gasteiger charge is -2.16. The van der Waals surface area contributed by atoms with Crippen molar-refractivity contribution in [3.63, 3.8) is 0 Å². The normalized spacial score (nSPS) is 15.7. The van der Waals surface area contributed by atoms with Gasteiger partial charge in [-0.05, 0) is 43.4 Å². The second kappa shape index (κ2) is 7.94. The van der Waals surface area contributed by atoms with Gasteiger partial charge in [0.25, 0.3) is 0 Å². The van der Waals surface area contributed by atoms with E-state index in [1.807, 2.05) is 0 Å². The molecule has 2 N–H and O–H groups in total. The van der Waals surface area contributed by atoms with E-state index in [1.54, 1.807) is 31.3 Å².